The minimum absolute atomic E-state index is 0.00944. The number of anilines is 2. The minimum Gasteiger partial charge on any atom is -0.382 e. The number of sulfonamides is 1. The normalized spacial score (nSPS) is 15.9. The Labute approximate surface area is 225 Å². The maximum absolute atomic E-state index is 14.1. The molecule has 3 aromatic rings. The number of piperidine rings is 1. The van der Waals surface area contributed by atoms with E-state index in [-0.39, 0.29) is 28.5 Å². The molecule has 1 atom stereocenters. The van der Waals surface area contributed by atoms with Crippen LogP contribution in [0.1, 0.15) is 53.0 Å². The molecule has 12 heteroatoms. The predicted molar refractivity (Wildman–Crippen MR) is 146 cm³/mol. The summed E-state index contributed by atoms with van der Waals surface area (Å²) in [5, 5.41) is 6.88. The van der Waals surface area contributed by atoms with E-state index in [1.54, 1.807) is 0 Å². The van der Waals surface area contributed by atoms with Crippen LogP contribution < -0.4 is 16.4 Å². The zero-order valence-electron chi connectivity index (χ0n) is 21.0. The number of hydrogen-bond acceptors (Lipinski definition) is 8. The molecule has 0 spiro atoms. The Balaban J connectivity index is 1.29. The van der Waals surface area contributed by atoms with Crippen molar-refractivity contribution in [3.63, 3.8) is 0 Å². The molecule has 1 saturated heterocycles. The molecular formula is C26H31F2N5O3S2. The van der Waals surface area contributed by atoms with Crippen molar-refractivity contribution in [1.82, 2.24) is 14.6 Å². The summed E-state index contributed by atoms with van der Waals surface area (Å²) in [4.78, 5) is 16.8. The van der Waals surface area contributed by atoms with Crippen molar-refractivity contribution in [3.05, 3.63) is 76.2 Å². The van der Waals surface area contributed by atoms with Gasteiger partial charge in [0, 0.05) is 31.7 Å². The predicted octanol–water partition coefficient (Wildman–Crippen LogP) is 4.18. The van der Waals surface area contributed by atoms with Crippen LogP contribution in [-0.2, 0) is 10.0 Å². The van der Waals surface area contributed by atoms with Crippen molar-refractivity contribution >= 4 is 38.1 Å². The SMILES string of the molecule is CC[C@H](NCCS(=O)(=O)N1CCC(Nc2nc(N)c(C(=O)c3c(F)cccc3F)s2)CC1)c1ccccc1. The highest BCUT2D eigenvalue weighted by Crippen LogP contribution is 2.30. The summed E-state index contributed by atoms with van der Waals surface area (Å²) >= 11 is 0.924. The van der Waals surface area contributed by atoms with Gasteiger partial charge in [-0.2, -0.15) is 0 Å². The van der Waals surface area contributed by atoms with Crippen molar-refractivity contribution in [2.45, 2.75) is 38.3 Å². The van der Waals surface area contributed by atoms with Gasteiger partial charge >= 0.3 is 0 Å². The molecule has 1 aliphatic rings. The number of rotatable bonds is 11. The van der Waals surface area contributed by atoms with Crippen LogP contribution in [-0.4, -0.2) is 54.9 Å². The number of carbonyl (C=O) groups excluding carboxylic acids is 1. The summed E-state index contributed by atoms with van der Waals surface area (Å²) in [7, 11) is -3.42. The molecule has 0 bridgehead atoms. The van der Waals surface area contributed by atoms with Crippen molar-refractivity contribution < 1.29 is 22.0 Å². The zero-order valence-corrected chi connectivity index (χ0v) is 22.6. The fourth-order valence-corrected chi connectivity index (χ4v) is 6.82. The third-order valence-electron chi connectivity index (χ3n) is 6.59. The largest absolute Gasteiger partial charge is 0.382 e. The van der Waals surface area contributed by atoms with E-state index in [9.17, 15) is 22.0 Å². The van der Waals surface area contributed by atoms with Gasteiger partial charge < -0.3 is 16.4 Å². The monoisotopic (exact) mass is 563 g/mol. The molecule has 4 N–H and O–H groups in total. The van der Waals surface area contributed by atoms with Crippen LogP contribution in [0.3, 0.4) is 0 Å². The van der Waals surface area contributed by atoms with E-state index in [0.717, 1.165) is 35.5 Å². The average molecular weight is 564 g/mol. The summed E-state index contributed by atoms with van der Waals surface area (Å²) in [5.41, 5.74) is 6.34. The quantitative estimate of drug-likeness (QED) is 0.300. The molecular weight excluding hydrogens is 532 g/mol. The highest BCUT2D eigenvalue weighted by Gasteiger charge is 2.29. The van der Waals surface area contributed by atoms with Crippen LogP contribution in [0.25, 0.3) is 0 Å². The summed E-state index contributed by atoms with van der Waals surface area (Å²) < 4.78 is 55.4. The van der Waals surface area contributed by atoms with Gasteiger partial charge in [-0.1, -0.05) is 54.7 Å². The Morgan fingerprint density at radius 3 is 2.42 bits per heavy atom. The summed E-state index contributed by atoms with van der Waals surface area (Å²) in [6.07, 6.45) is 1.93. The molecule has 0 saturated carbocycles. The van der Waals surface area contributed by atoms with Gasteiger partial charge in [-0.05, 0) is 37.0 Å². The summed E-state index contributed by atoms with van der Waals surface area (Å²) in [6, 6.07) is 13.2. The lowest BCUT2D eigenvalue weighted by molar-refractivity contribution is 0.103. The maximum Gasteiger partial charge on any atom is 0.215 e. The first kappa shape index (κ1) is 28.1. The average Bonchev–Trinajstić information content (AvgIpc) is 3.27. The van der Waals surface area contributed by atoms with E-state index in [4.69, 9.17) is 5.73 Å². The molecule has 204 valence electrons. The second-order valence-electron chi connectivity index (χ2n) is 9.12. The lowest BCUT2D eigenvalue weighted by atomic mass is 10.1. The third-order valence-corrected chi connectivity index (χ3v) is 9.46. The number of benzene rings is 2. The Morgan fingerprint density at radius 1 is 1.13 bits per heavy atom. The van der Waals surface area contributed by atoms with E-state index < -0.39 is 33.0 Å². The van der Waals surface area contributed by atoms with Crippen LogP contribution in [0.2, 0.25) is 0 Å². The fourth-order valence-electron chi connectivity index (χ4n) is 4.51. The molecule has 2 heterocycles. The molecule has 1 aromatic heterocycles. The molecule has 0 aliphatic carbocycles. The number of nitrogen functional groups attached to an aromatic ring is 1. The van der Waals surface area contributed by atoms with Gasteiger partial charge in [-0.3, -0.25) is 4.79 Å². The van der Waals surface area contributed by atoms with Crippen molar-refractivity contribution in [2.24, 2.45) is 0 Å². The molecule has 1 fully saturated rings. The van der Waals surface area contributed by atoms with E-state index >= 15 is 0 Å². The Kier molecular flexibility index (Phi) is 9.08. The molecule has 0 unspecified atom stereocenters. The van der Waals surface area contributed by atoms with E-state index in [1.807, 2.05) is 30.3 Å². The molecule has 2 aromatic carbocycles. The molecule has 38 heavy (non-hydrogen) atoms. The van der Waals surface area contributed by atoms with Gasteiger partial charge in [0.2, 0.25) is 15.8 Å². The number of nitrogens with zero attached hydrogens (tertiary/aromatic N) is 2. The van der Waals surface area contributed by atoms with Crippen LogP contribution >= 0.6 is 11.3 Å². The Hall–Kier alpha value is -2.93. The van der Waals surface area contributed by atoms with Gasteiger partial charge in [0.25, 0.3) is 0 Å². The van der Waals surface area contributed by atoms with Crippen LogP contribution in [0.5, 0.6) is 0 Å². The number of carbonyl (C=O) groups is 1. The second kappa shape index (κ2) is 12.3. The van der Waals surface area contributed by atoms with Crippen molar-refractivity contribution in [1.29, 1.82) is 0 Å². The highest BCUT2D eigenvalue weighted by molar-refractivity contribution is 7.89. The van der Waals surface area contributed by atoms with Crippen LogP contribution in [0, 0.1) is 11.6 Å². The van der Waals surface area contributed by atoms with Crippen molar-refractivity contribution in [2.75, 3.05) is 36.4 Å². The zero-order chi connectivity index (χ0) is 27.3. The smallest absolute Gasteiger partial charge is 0.215 e. The highest BCUT2D eigenvalue weighted by atomic mass is 32.2. The first-order chi connectivity index (χ1) is 18.2. The van der Waals surface area contributed by atoms with Gasteiger partial charge in [0.15, 0.2) is 5.13 Å². The van der Waals surface area contributed by atoms with Crippen LogP contribution in [0.4, 0.5) is 19.7 Å². The molecule has 0 radical (unpaired) electrons. The first-order valence-corrected chi connectivity index (χ1v) is 14.9. The molecule has 8 nitrogen and oxygen atoms in total. The maximum atomic E-state index is 14.1. The second-order valence-corrected chi connectivity index (χ2v) is 12.2. The number of thiazole rings is 1. The molecule has 4 rings (SSSR count). The number of hydrogen-bond donors (Lipinski definition) is 3. The number of aromatic nitrogens is 1. The Bertz CT molecular complexity index is 1340. The summed E-state index contributed by atoms with van der Waals surface area (Å²) in [6.45, 7) is 3.11. The summed E-state index contributed by atoms with van der Waals surface area (Å²) in [5.74, 6) is -2.90. The van der Waals surface area contributed by atoms with Gasteiger partial charge in [0.1, 0.15) is 22.3 Å². The lowest BCUT2D eigenvalue weighted by Crippen LogP contribution is -2.44. The first-order valence-electron chi connectivity index (χ1n) is 12.5. The van der Waals surface area contributed by atoms with Crippen LogP contribution in [0.15, 0.2) is 48.5 Å². The van der Waals surface area contributed by atoms with E-state index in [1.165, 1.54) is 10.4 Å². The number of nitrogens with one attached hydrogen (secondary N) is 2. The van der Waals surface area contributed by atoms with Crippen molar-refractivity contribution in [3.8, 4) is 0 Å². The van der Waals surface area contributed by atoms with Gasteiger partial charge in [-0.15, -0.1) is 0 Å². The third kappa shape index (κ3) is 6.55. The van der Waals surface area contributed by atoms with Gasteiger partial charge in [0.05, 0.1) is 11.3 Å². The topological polar surface area (TPSA) is 117 Å². The minimum atomic E-state index is -3.42. The lowest BCUT2D eigenvalue weighted by Gasteiger charge is -2.31. The molecule has 1 aliphatic heterocycles. The number of ketones is 1. The van der Waals surface area contributed by atoms with Gasteiger partial charge in [-0.25, -0.2) is 26.5 Å². The van der Waals surface area contributed by atoms with E-state index in [2.05, 4.69) is 22.5 Å². The van der Waals surface area contributed by atoms with E-state index in [0.29, 0.717) is 37.6 Å². The Morgan fingerprint density at radius 2 is 1.79 bits per heavy atom. The number of nitrogens with two attached hydrogens (primary N) is 1. The standard InChI is InChI=1S/C26H31F2N5O3S2/c1-2-21(17-7-4-3-5-8-17)30-13-16-38(35,36)33-14-11-18(12-15-33)31-26-32-25(29)24(37-26)23(34)22-19(27)9-6-10-20(22)28/h3-10,18,21,30H,2,11-16,29H2,1H3,(H,31,32)/t21-/m0/s1. The molecule has 0 amide bonds. The fraction of sp³-hybridized carbons (Fsp3) is 0.385. The number of halogens is 2.